The molecule has 0 heterocycles. The van der Waals surface area contributed by atoms with Crippen LogP contribution in [0.2, 0.25) is 0 Å². The van der Waals surface area contributed by atoms with Gasteiger partial charge in [0.2, 0.25) is 5.91 Å². The first-order valence-corrected chi connectivity index (χ1v) is 9.47. The van der Waals surface area contributed by atoms with Gasteiger partial charge in [0.1, 0.15) is 17.4 Å². The van der Waals surface area contributed by atoms with Crippen molar-refractivity contribution in [2.45, 2.75) is 0 Å². The van der Waals surface area contributed by atoms with Crippen molar-refractivity contribution in [2.75, 3.05) is 17.8 Å². The van der Waals surface area contributed by atoms with E-state index < -0.39 is 0 Å². The van der Waals surface area contributed by atoms with E-state index in [1.807, 2.05) is 18.2 Å². The number of hydrogen-bond donors (Lipinski definition) is 0. The summed E-state index contributed by atoms with van der Waals surface area (Å²) in [6, 6.07) is 18.8. The van der Waals surface area contributed by atoms with Crippen LogP contribution < -0.4 is 9.64 Å². The molecule has 0 bridgehead atoms. The Morgan fingerprint density at radius 1 is 0.862 bits per heavy atom. The van der Waals surface area contributed by atoms with Crippen molar-refractivity contribution in [3.8, 4) is 11.5 Å². The summed E-state index contributed by atoms with van der Waals surface area (Å²) in [6.45, 7) is 0. The monoisotopic (exact) mass is 405 g/mol. The maximum Gasteiger partial charge on any atom is 0.241 e. The van der Waals surface area contributed by atoms with Crippen molar-refractivity contribution in [1.82, 2.24) is 0 Å². The number of alkyl halides is 1. The first-order valence-electron chi connectivity index (χ1n) is 8.93. The van der Waals surface area contributed by atoms with E-state index in [0.29, 0.717) is 22.6 Å². The fourth-order valence-electron chi connectivity index (χ4n) is 3.38. The molecule has 29 heavy (non-hydrogen) atoms. The highest BCUT2D eigenvalue weighted by Gasteiger charge is 2.36. The first-order chi connectivity index (χ1) is 14.0. The quantitative estimate of drug-likeness (QED) is 0.470. The van der Waals surface area contributed by atoms with E-state index in [4.69, 9.17) is 16.3 Å². The molecule has 0 saturated carbocycles. The molecule has 0 spiro atoms. The van der Waals surface area contributed by atoms with Crippen LogP contribution in [0.25, 0.3) is 0 Å². The highest BCUT2D eigenvalue weighted by molar-refractivity contribution is 6.33. The molecule has 6 heteroatoms. The lowest BCUT2D eigenvalue weighted by molar-refractivity contribution is -0.116. The third-order valence-electron chi connectivity index (χ3n) is 4.84. The van der Waals surface area contributed by atoms with Gasteiger partial charge in [0.25, 0.3) is 0 Å². The fraction of sp³-hybridized carbons (Fsp3) is 0.0870. The third kappa shape index (κ3) is 3.19. The summed E-state index contributed by atoms with van der Waals surface area (Å²) in [5.74, 6) is -0.495. The van der Waals surface area contributed by atoms with Crippen LogP contribution >= 0.6 is 11.6 Å². The number of amides is 1. The van der Waals surface area contributed by atoms with Crippen LogP contribution in [0.1, 0.15) is 31.8 Å². The Bertz CT molecular complexity index is 1140. The van der Waals surface area contributed by atoms with Gasteiger partial charge in [-0.2, -0.15) is 0 Å². The molecule has 0 atom stereocenters. The number of anilines is 1. The summed E-state index contributed by atoms with van der Waals surface area (Å²) < 4.78 is 5.93. The molecule has 0 aromatic heterocycles. The van der Waals surface area contributed by atoms with Gasteiger partial charge in [-0.1, -0.05) is 42.5 Å². The molecule has 5 nitrogen and oxygen atoms in total. The average molecular weight is 406 g/mol. The molecule has 1 amide bonds. The minimum Gasteiger partial charge on any atom is -0.457 e. The molecule has 0 radical (unpaired) electrons. The maximum atomic E-state index is 13.3. The van der Waals surface area contributed by atoms with Gasteiger partial charge in [0.15, 0.2) is 11.6 Å². The third-order valence-corrected chi connectivity index (χ3v) is 5.06. The Morgan fingerprint density at radius 2 is 1.45 bits per heavy atom. The summed E-state index contributed by atoms with van der Waals surface area (Å²) in [7, 11) is 1.52. The number of benzene rings is 3. The normalized spacial score (nSPS) is 12.2. The van der Waals surface area contributed by atoms with Gasteiger partial charge in [-0.25, -0.2) is 0 Å². The Kier molecular flexibility index (Phi) is 4.91. The Labute approximate surface area is 172 Å². The number of nitrogens with zero attached hydrogens (tertiary/aromatic N) is 1. The topological polar surface area (TPSA) is 63.7 Å². The van der Waals surface area contributed by atoms with Crippen LogP contribution in [0.15, 0.2) is 66.7 Å². The van der Waals surface area contributed by atoms with Crippen molar-refractivity contribution in [2.24, 2.45) is 0 Å². The van der Waals surface area contributed by atoms with E-state index in [0.717, 1.165) is 0 Å². The zero-order valence-electron chi connectivity index (χ0n) is 15.5. The highest BCUT2D eigenvalue weighted by atomic mass is 35.5. The Balaban J connectivity index is 1.94. The summed E-state index contributed by atoms with van der Waals surface area (Å²) in [6.07, 6.45) is 0. The smallest absolute Gasteiger partial charge is 0.241 e. The van der Waals surface area contributed by atoms with Gasteiger partial charge in [0, 0.05) is 18.2 Å². The maximum absolute atomic E-state index is 13.3. The number of halogens is 1. The largest absolute Gasteiger partial charge is 0.457 e. The van der Waals surface area contributed by atoms with Crippen LogP contribution in [0.4, 0.5) is 5.69 Å². The number of ether oxygens (including phenoxy) is 1. The number of rotatable bonds is 4. The molecule has 1 aliphatic carbocycles. The van der Waals surface area contributed by atoms with E-state index in [-0.39, 0.29) is 40.2 Å². The SMILES string of the molecule is CN(C(=O)CCl)c1ccc(Oc2ccccc2)c2c1C(=O)c1ccccc1C2=O. The van der Waals surface area contributed by atoms with Crippen LogP contribution in [-0.4, -0.2) is 30.4 Å². The predicted molar refractivity (Wildman–Crippen MR) is 110 cm³/mol. The van der Waals surface area contributed by atoms with Crippen molar-refractivity contribution >= 4 is 34.8 Å². The number of fused-ring (bicyclic) bond motifs is 2. The average Bonchev–Trinajstić information content (AvgIpc) is 2.77. The summed E-state index contributed by atoms with van der Waals surface area (Å²) in [5, 5.41) is 0. The molecule has 3 aromatic rings. The molecule has 3 aromatic carbocycles. The zero-order chi connectivity index (χ0) is 20.5. The van der Waals surface area contributed by atoms with Gasteiger partial charge in [-0.3, -0.25) is 14.4 Å². The number of carbonyl (C=O) groups is 3. The van der Waals surface area contributed by atoms with Gasteiger partial charge in [-0.15, -0.1) is 11.6 Å². The second-order valence-corrected chi connectivity index (χ2v) is 6.81. The van der Waals surface area contributed by atoms with Gasteiger partial charge in [0.05, 0.1) is 16.8 Å². The predicted octanol–water partition coefficient (Wildman–Crippen LogP) is 4.46. The molecule has 1 aliphatic rings. The second kappa shape index (κ2) is 7.53. The lowest BCUT2D eigenvalue weighted by atomic mass is 9.82. The minimum atomic E-state index is -0.385. The van der Waals surface area contributed by atoms with Gasteiger partial charge >= 0.3 is 0 Å². The number of hydrogen-bond acceptors (Lipinski definition) is 4. The van der Waals surface area contributed by atoms with Crippen LogP contribution in [0.3, 0.4) is 0 Å². The molecule has 0 N–H and O–H groups in total. The molecular weight excluding hydrogens is 390 g/mol. The summed E-state index contributed by atoms with van der Waals surface area (Å²) in [5.41, 5.74) is 1.22. The van der Waals surface area contributed by atoms with Crippen LogP contribution in [0.5, 0.6) is 11.5 Å². The number of para-hydroxylation sites is 1. The lowest BCUT2D eigenvalue weighted by Crippen LogP contribution is -2.31. The Hall–Kier alpha value is -3.44. The minimum absolute atomic E-state index is 0.142. The highest BCUT2D eigenvalue weighted by Crippen LogP contribution is 2.40. The second-order valence-electron chi connectivity index (χ2n) is 6.54. The van der Waals surface area contributed by atoms with E-state index in [1.54, 1.807) is 48.5 Å². The van der Waals surface area contributed by atoms with Crippen molar-refractivity contribution in [1.29, 1.82) is 0 Å². The van der Waals surface area contributed by atoms with Crippen LogP contribution in [-0.2, 0) is 4.79 Å². The summed E-state index contributed by atoms with van der Waals surface area (Å²) in [4.78, 5) is 40.1. The standard InChI is InChI=1S/C23H16ClNO4/c1-25(19(26)13-24)17-11-12-18(29-14-7-3-2-4-8-14)21-20(17)22(27)15-9-5-6-10-16(15)23(21)28/h2-12H,13H2,1H3. The molecule has 0 saturated heterocycles. The summed E-state index contributed by atoms with van der Waals surface area (Å²) >= 11 is 5.70. The fourth-order valence-corrected chi connectivity index (χ4v) is 3.56. The van der Waals surface area contributed by atoms with Crippen molar-refractivity contribution < 1.29 is 19.1 Å². The van der Waals surface area contributed by atoms with Crippen molar-refractivity contribution in [3.63, 3.8) is 0 Å². The first kappa shape index (κ1) is 18.9. The van der Waals surface area contributed by atoms with Gasteiger partial charge in [-0.05, 0) is 24.3 Å². The van der Waals surface area contributed by atoms with Gasteiger partial charge < -0.3 is 9.64 Å². The molecule has 4 rings (SSSR count). The number of carbonyl (C=O) groups excluding carboxylic acids is 3. The van der Waals surface area contributed by atoms with E-state index in [2.05, 4.69) is 0 Å². The van der Waals surface area contributed by atoms with Crippen molar-refractivity contribution in [3.05, 3.63) is 89.0 Å². The number of ketones is 2. The Morgan fingerprint density at radius 3 is 2.07 bits per heavy atom. The molecule has 0 aliphatic heterocycles. The molecule has 0 unspecified atom stereocenters. The van der Waals surface area contributed by atoms with Crippen LogP contribution in [0, 0.1) is 0 Å². The molecule has 0 fully saturated rings. The van der Waals surface area contributed by atoms with E-state index in [9.17, 15) is 14.4 Å². The van der Waals surface area contributed by atoms with E-state index >= 15 is 0 Å². The lowest BCUT2D eigenvalue weighted by Gasteiger charge is -2.26. The molecule has 144 valence electrons. The molecular formula is C23H16ClNO4. The van der Waals surface area contributed by atoms with E-state index in [1.165, 1.54) is 11.9 Å². The zero-order valence-corrected chi connectivity index (χ0v) is 16.3.